The van der Waals surface area contributed by atoms with Crippen molar-refractivity contribution in [3.05, 3.63) is 94.7 Å². The summed E-state index contributed by atoms with van der Waals surface area (Å²) in [5.41, 5.74) is 3.04. The van der Waals surface area contributed by atoms with Gasteiger partial charge in [-0.25, -0.2) is 8.78 Å². The number of rotatable bonds is 4. The van der Waals surface area contributed by atoms with E-state index in [1.807, 2.05) is 36.4 Å². The van der Waals surface area contributed by atoms with Gasteiger partial charge in [0.05, 0.1) is 23.6 Å². The van der Waals surface area contributed by atoms with E-state index in [1.54, 1.807) is 19.2 Å². The van der Waals surface area contributed by atoms with Gasteiger partial charge in [-0.2, -0.15) is 5.10 Å². The van der Waals surface area contributed by atoms with Gasteiger partial charge >= 0.3 is 0 Å². The molecule has 2 N–H and O–H groups in total. The number of nitrogens with one attached hydrogen (secondary N) is 2. The zero-order valence-corrected chi connectivity index (χ0v) is 17.2. The fourth-order valence-electron chi connectivity index (χ4n) is 3.82. The number of amides is 1. The minimum atomic E-state index is -0.941. The van der Waals surface area contributed by atoms with Gasteiger partial charge in [0.1, 0.15) is 23.0 Å². The Morgan fingerprint density at radius 2 is 1.94 bits per heavy atom. The van der Waals surface area contributed by atoms with Crippen LogP contribution in [0.4, 0.5) is 14.5 Å². The average Bonchev–Trinajstić information content (AvgIpc) is 3.36. The van der Waals surface area contributed by atoms with Crippen LogP contribution in [-0.4, -0.2) is 21.5 Å². The molecule has 0 saturated heterocycles. The summed E-state index contributed by atoms with van der Waals surface area (Å²) in [6.45, 7) is 1.14. The van der Waals surface area contributed by atoms with Crippen molar-refractivity contribution in [1.29, 1.82) is 0 Å². The van der Waals surface area contributed by atoms with Gasteiger partial charge in [-0.15, -0.1) is 0 Å². The number of aryl methyl sites for hydroxylation is 1. The molecule has 5 rings (SSSR count). The van der Waals surface area contributed by atoms with E-state index in [0.717, 1.165) is 22.8 Å². The van der Waals surface area contributed by atoms with Crippen molar-refractivity contribution in [3.8, 4) is 0 Å². The minimum Gasteiger partial charge on any atom is -0.366 e. The highest BCUT2D eigenvalue weighted by molar-refractivity contribution is 6.08. The standard InChI is InChI=1S/C24H19F2N5O/c1-31-20-10-19(25)21(22(26)18(20)13-29-31)24(32)30-16-8-7-15-12-28-23(17(15)9-16)27-11-14-5-3-2-4-6-14/h2-10,13H,11-12H2,1H3,(H,27,28)(H,30,32). The van der Waals surface area contributed by atoms with Crippen molar-refractivity contribution >= 4 is 28.3 Å². The molecular formula is C24H19F2N5O. The van der Waals surface area contributed by atoms with Crippen LogP contribution in [0.5, 0.6) is 0 Å². The van der Waals surface area contributed by atoms with E-state index in [0.29, 0.717) is 24.6 Å². The number of anilines is 1. The molecule has 32 heavy (non-hydrogen) atoms. The minimum absolute atomic E-state index is 0.0903. The first-order valence-electron chi connectivity index (χ1n) is 10.1. The number of carbonyl (C=O) groups excluding carboxylic acids is 1. The highest BCUT2D eigenvalue weighted by Crippen LogP contribution is 2.26. The van der Waals surface area contributed by atoms with E-state index in [4.69, 9.17) is 0 Å². The second-order valence-corrected chi connectivity index (χ2v) is 7.58. The first-order valence-corrected chi connectivity index (χ1v) is 10.1. The third-order valence-electron chi connectivity index (χ3n) is 5.50. The molecule has 0 bridgehead atoms. The summed E-state index contributed by atoms with van der Waals surface area (Å²) in [6.07, 6.45) is 1.28. The third kappa shape index (κ3) is 3.49. The summed E-state index contributed by atoms with van der Waals surface area (Å²) < 4.78 is 30.8. The molecule has 1 aliphatic heterocycles. The van der Waals surface area contributed by atoms with Crippen LogP contribution in [0.2, 0.25) is 0 Å². The zero-order valence-electron chi connectivity index (χ0n) is 17.2. The predicted octanol–water partition coefficient (Wildman–Crippen LogP) is 4.15. The number of aromatic nitrogens is 2. The maximum atomic E-state index is 14.9. The van der Waals surface area contributed by atoms with Crippen molar-refractivity contribution in [3.63, 3.8) is 0 Å². The predicted molar refractivity (Wildman–Crippen MR) is 119 cm³/mol. The molecule has 1 aromatic heterocycles. The lowest BCUT2D eigenvalue weighted by atomic mass is 10.1. The molecule has 0 radical (unpaired) electrons. The van der Waals surface area contributed by atoms with E-state index in [2.05, 4.69) is 20.7 Å². The molecular weight excluding hydrogens is 412 g/mol. The van der Waals surface area contributed by atoms with Crippen molar-refractivity contribution in [2.75, 3.05) is 5.32 Å². The summed E-state index contributed by atoms with van der Waals surface area (Å²) in [5.74, 6) is -2.02. The molecule has 0 unspecified atom stereocenters. The highest BCUT2D eigenvalue weighted by Gasteiger charge is 2.23. The smallest absolute Gasteiger partial charge is 0.261 e. The molecule has 0 spiro atoms. The number of halogens is 2. The maximum absolute atomic E-state index is 14.9. The molecule has 8 heteroatoms. The lowest BCUT2D eigenvalue weighted by molar-refractivity contribution is 0.101. The molecule has 0 saturated carbocycles. The molecule has 1 aliphatic rings. The lowest BCUT2D eigenvalue weighted by Crippen LogP contribution is -2.23. The molecule has 0 atom stereocenters. The normalized spacial score (nSPS) is 12.5. The number of aliphatic imine (C=N–C) groups is 1. The Kier molecular flexibility index (Phi) is 4.89. The molecule has 160 valence electrons. The van der Waals surface area contributed by atoms with Crippen LogP contribution in [0.3, 0.4) is 0 Å². The van der Waals surface area contributed by atoms with Gasteiger partial charge in [0.15, 0.2) is 0 Å². The van der Waals surface area contributed by atoms with Crippen LogP contribution in [0.25, 0.3) is 10.9 Å². The molecule has 0 fully saturated rings. The third-order valence-corrected chi connectivity index (χ3v) is 5.50. The molecule has 3 aromatic carbocycles. The number of benzene rings is 3. The van der Waals surface area contributed by atoms with Gasteiger partial charge in [-0.1, -0.05) is 36.4 Å². The molecule has 1 amide bonds. The number of fused-ring (bicyclic) bond motifs is 2. The Morgan fingerprint density at radius 1 is 1.12 bits per heavy atom. The Labute approximate surface area is 182 Å². The first-order chi connectivity index (χ1) is 15.5. The summed E-state index contributed by atoms with van der Waals surface area (Å²) in [4.78, 5) is 17.3. The number of hydrogen-bond acceptors (Lipinski definition) is 4. The monoisotopic (exact) mass is 431 g/mol. The van der Waals surface area contributed by atoms with E-state index >= 15 is 0 Å². The lowest BCUT2D eigenvalue weighted by Gasteiger charge is -2.11. The fraction of sp³-hybridized carbons (Fsp3) is 0.125. The first kappa shape index (κ1) is 19.9. The van der Waals surface area contributed by atoms with E-state index in [-0.39, 0.29) is 10.9 Å². The van der Waals surface area contributed by atoms with Crippen LogP contribution in [0.1, 0.15) is 27.0 Å². The summed E-state index contributed by atoms with van der Waals surface area (Å²) in [7, 11) is 1.58. The number of carbonyl (C=O) groups is 1. The van der Waals surface area contributed by atoms with Gasteiger partial charge in [-0.3, -0.25) is 14.5 Å². The summed E-state index contributed by atoms with van der Waals surface area (Å²) in [5, 5.41) is 9.94. The van der Waals surface area contributed by atoms with Crippen molar-refractivity contribution < 1.29 is 13.6 Å². The Bertz CT molecular complexity index is 1380. The Balaban J connectivity index is 1.38. The number of amidine groups is 1. The number of nitrogens with zero attached hydrogens (tertiary/aromatic N) is 3. The molecule has 6 nitrogen and oxygen atoms in total. The largest absolute Gasteiger partial charge is 0.366 e. The van der Waals surface area contributed by atoms with Gasteiger partial charge in [0, 0.05) is 30.9 Å². The quantitative estimate of drug-likeness (QED) is 0.510. The van der Waals surface area contributed by atoms with Gasteiger partial charge in [0.2, 0.25) is 0 Å². The van der Waals surface area contributed by atoms with E-state index in [9.17, 15) is 13.6 Å². The van der Waals surface area contributed by atoms with Crippen LogP contribution in [0, 0.1) is 11.6 Å². The molecule has 0 aliphatic carbocycles. The second-order valence-electron chi connectivity index (χ2n) is 7.58. The summed E-state index contributed by atoms with van der Waals surface area (Å²) >= 11 is 0. The zero-order chi connectivity index (χ0) is 22.2. The van der Waals surface area contributed by atoms with Crippen LogP contribution in [0.15, 0.2) is 65.8 Å². The highest BCUT2D eigenvalue weighted by atomic mass is 19.1. The topological polar surface area (TPSA) is 71.3 Å². The van der Waals surface area contributed by atoms with Crippen LogP contribution in [-0.2, 0) is 20.1 Å². The SMILES string of the molecule is Cn1ncc2c(F)c(C(=O)Nc3ccc4c(c3)C(NCc3ccccc3)=NC4)c(F)cc21. The second kappa shape index (κ2) is 7.88. The Morgan fingerprint density at radius 3 is 2.75 bits per heavy atom. The van der Waals surface area contributed by atoms with E-state index < -0.39 is 23.1 Å². The number of hydrogen-bond donors (Lipinski definition) is 2. The fourth-order valence-corrected chi connectivity index (χ4v) is 3.82. The van der Waals surface area contributed by atoms with Gasteiger partial charge in [-0.05, 0) is 23.3 Å². The van der Waals surface area contributed by atoms with Gasteiger partial charge < -0.3 is 10.6 Å². The van der Waals surface area contributed by atoms with Crippen molar-refractivity contribution in [2.24, 2.45) is 12.0 Å². The van der Waals surface area contributed by atoms with Gasteiger partial charge in [0.25, 0.3) is 5.91 Å². The maximum Gasteiger partial charge on any atom is 0.261 e. The average molecular weight is 431 g/mol. The van der Waals surface area contributed by atoms with Crippen LogP contribution < -0.4 is 10.6 Å². The molecule has 2 heterocycles. The molecule has 4 aromatic rings. The van der Waals surface area contributed by atoms with E-state index in [1.165, 1.54) is 10.9 Å². The van der Waals surface area contributed by atoms with Crippen LogP contribution >= 0.6 is 0 Å². The summed E-state index contributed by atoms with van der Waals surface area (Å²) in [6, 6.07) is 16.3. The van der Waals surface area contributed by atoms with Crippen molar-refractivity contribution in [1.82, 2.24) is 15.1 Å². The Hall–Kier alpha value is -4.07. The van der Waals surface area contributed by atoms with Crippen molar-refractivity contribution in [2.45, 2.75) is 13.1 Å².